The van der Waals surface area contributed by atoms with E-state index in [2.05, 4.69) is 20.4 Å². The number of carbonyl (C=O) groups is 1. The van der Waals surface area contributed by atoms with Gasteiger partial charge >= 0.3 is 0 Å². The molecule has 0 saturated carbocycles. The number of hydrogen-bond donors (Lipinski definition) is 1. The Kier molecular flexibility index (Phi) is 6.11. The number of nitrogens with zero attached hydrogens (tertiary/aromatic N) is 6. The van der Waals surface area contributed by atoms with E-state index in [9.17, 15) is 13.2 Å². The molecule has 170 valence electrons. The summed E-state index contributed by atoms with van der Waals surface area (Å²) in [6.07, 6.45) is 5.59. The molecule has 32 heavy (non-hydrogen) atoms. The van der Waals surface area contributed by atoms with Crippen molar-refractivity contribution in [3.8, 4) is 5.69 Å². The number of nitrogens with one attached hydrogen (secondary N) is 1. The summed E-state index contributed by atoms with van der Waals surface area (Å²) in [5.41, 5.74) is 1.87. The molecule has 1 fully saturated rings. The van der Waals surface area contributed by atoms with Crippen molar-refractivity contribution >= 4 is 15.9 Å². The summed E-state index contributed by atoms with van der Waals surface area (Å²) in [6, 6.07) is 7.59. The van der Waals surface area contributed by atoms with Crippen molar-refractivity contribution in [3.05, 3.63) is 54.5 Å². The van der Waals surface area contributed by atoms with Crippen LogP contribution in [0.2, 0.25) is 0 Å². The van der Waals surface area contributed by atoms with Crippen molar-refractivity contribution in [1.82, 2.24) is 33.9 Å². The summed E-state index contributed by atoms with van der Waals surface area (Å²) in [7, 11) is -1.88. The molecular weight excluding hydrogens is 430 g/mol. The van der Waals surface area contributed by atoms with Gasteiger partial charge in [-0.3, -0.25) is 4.79 Å². The zero-order valence-corrected chi connectivity index (χ0v) is 19.2. The summed E-state index contributed by atoms with van der Waals surface area (Å²) in [4.78, 5) is 20.9. The average molecular weight is 458 g/mol. The number of imidazole rings is 1. The number of carbonyl (C=O) groups excluding carboxylic acids is 1. The van der Waals surface area contributed by atoms with Gasteiger partial charge in [0.2, 0.25) is 5.91 Å². The van der Waals surface area contributed by atoms with E-state index >= 15 is 0 Å². The number of aryl methyl sites for hydroxylation is 2. The first-order valence-electron chi connectivity index (χ1n) is 10.5. The fraction of sp³-hybridized carbons (Fsp3) is 0.429. The standard InChI is InChI=1S/C21H27N7O3S/c1-15(17-4-6-19(7-5-17)28-14-22-13-23-28)24-21(29)18-8-10-27(11-9-18)32(30,31)20-12-26(3)16(2)25-20/h4-7,12-15,18H,8-11H2,1-3H3,(H,24,29). The number of aromatic nitrogens is 5. The minimum Gasteiger partial charge on any atom is -0.349 e. The second-order valence-corrected chi connectivity index (χ2v) is 9.96. The van der Waals surface area contributed by atoms with Crippen molar-refractivity contribution in [1.29, 1.82) is 0 Å². The molecule has 0 aliphatic carbocycles. The molecule has 2 aromatic heterocycles. The van der Waals surface area contributed by atoms with E-state index in [0.717, 1.165) is 11.3 Å². The van der Waals surface area contributed by atoms with Crippen LogP contribution < -0.4 is 5.32 Å². The smallest absolute Gasteiger partial charge is 0.262 e. The maximum absolute atomic E-state index is 12.8. The lowest BCUT2D eigenvalue weighted by molar-refractivity contribution is -0.126. The van der Waals surface area contributed by atoms with Gasteiger partial charge in [0, 0.05) is 32.3 Å². The monoisotopic (exact) mass is 457 g/mol. The van der Waals surface area contributed by atoms with Gasteiger partial charge in [-0.1, -0.05) is 12.1 Å². The van der Waals surface area contributed by atoms with Gasteiger partial charge in [-0.15, -0.1) is 0 Å². The van der Waals surface area contributed by atoms with E-state index in [0.29, 0.717) is 31.8 Å². The van der Waals surface area contributed by atoms with Gasteiger partial charge in [0.25, 0.3) is 10.0 Å². The lowest BCUT2D eigenvalue weighted by Gasteiger charge is -2.30. The summed E-state index contributed by atoms with van der Waals surface area (Å²) in [5, 5.41) is 7.22. The molecule has 10 nitrogen and oxygen atoms in total. The number of rotatable bonds is 6. The third kappa shape index (κ3) is 4.44. The second kappa shape index (κ2) is 8.83. The van der Waals surface area contributed by atoms with Crippen LogP contribution in [0.5, 0.6) is 0 Å². The van der Waals surface area contributed by atoms with Crippen LogP contribution in [-0.2, 0) is 21.9 Å². The molecule has 1 unspecified atom stereocenters. The molecule has 1 aliphatic heterocycles. The molecule has 0 bridgehead atoms. The predicted octanol–water partition coefficient (Wildman–Crippen LogP) is 1.59. The number of amides is 1. The van der Waals surface area contributed by atoms with Gasteiger partial charge in [-0.05, 0) is 44.4 Å². The molecule has 3 aromatic rings. The van der Waals surface area contributed by atoms with Gasteiger partial charge in [-0.2, -0.15) is 9.40 Å². The molecule has 0 spiro atoms. The topological polar surface area (TPSA) is 115 Å². The van der Waals surface area contributed by atoms with Crippen molar-refractivity contribution in [3.63, 3.8) is 0 Å². The first-order valence-corrected chi connectivity index (χ1v) is 11.9. The van der Waals surface area contributed by atoms with Gasteiger partial charge in [0.1, 0.15) is 18.5 Å². The van der Waals surface area contributed by atoms with Gasteiger partial charge in [0.05, 0.1) is 11.7 Å². The highest BCUT2D eigenvalue weighted by atomic mass is 32.2. The molecule has 3 heterocycles. The Morgan fingerprint density at radius 1 is 1.19 bits per heavy atom. The molecule has 0 radical (unpaired) electrons. The minimum absolute atomic E-state index is 0.0522. The zero-order chi connectivity index (χ0) is 22.9. The predicted molar refractivity (Wildman–Crippen MR) is 117 cm³/mol. The van der Waals surface area contributed by atoms with E-state index in [1.807, 2.05) is 31.2 Å². The van der Waals surface area contributed by atoms with E-state index in [1.165, 1.54) is 16.8 Å². The van der Waals surface area contributed by atoms with Crippen LogP contribution in [0.25, 0.3) is 5.69 Å². The lowest BCUT2D eigenvalue weighted by atomic mass is 9.96. The van der Waals surface area contributed by atoms with Crippen LogP contribution in [-0.4, -0.2) is 56.0 Å². The minimum atomic E-state index is -3.64. The maximum atomic E-state index is 12.8. The summed E-state index contributed by atoms with van der Waals surface area (Å²) in [6.45, 7) is 4.30. The highest BCUT2D eigenvalue weighted by Gasteiger charge is 2.33. The molecule has 11 heteroatoms. The van der Waals surface area contributed by atoms with Gasteiger partial charge in [0.15, 0.2) is 5.03 Å². The molecule has 1 saturated heterocycles. The number of hydrogen-bond acceptors (Lipinski definition) is 6. The molecule has 1 aliphatic rings. The largest absolute Gasteiger partial charge is 0.349 e. The molecule has 1 N–H and O–H groups in total. The Bertz CT molecular complexity index is 1160. The lowest BCUT2D eigenvalue weighted by Crippen LogP contribution is -2.43. The van der Waals surface area contributed by atoms with Crippen LogP contribution in [0.15, 0.2) is 48.1 Å². The average Bonchev–Trinajstić information content (AvgIpc) is 3.44. The first-order chi connectivity index (χ1) is 15.3. The fourth-order valence-corrected chi connectivity index (χ4v) is 5.31. The van der Waals surface area contributed by atoms with Crippen molar-refractivity contribution < 1.29 is 13.2 Å². The van der Waals surface area contributed by atoms with Crippen molar-refractivity contribution in [2.24, 2.45) is 13.0 Å². The number of benzene rings is 1. The molecule has 1 amide bonds. The van der Waals surface area contributed by atoms with Crippen LogP contribution >= 0.6 is 0 Å². The molecular formula is C21H27N7O3S. The SMILES string of the molecule is Cc1nc(S(=O)(=O)N2CCC(C(=O)NC(C)c3ccc(-n4cncn4)cc3)CC2)cn1C. The Balaban J connectivity index is 1.33. The van der Waals surface area contributed by atoms with Crippen molar-refractivity contribution in [2.45, 2.75) is 37.8 Å². The zero-order valence-electron chi connectivity index (χ0n) is 18.3. The Morgan fingerprint density at radius 3 is 2.44 bits per heavy atom. The Morgan fingerprint density at radius 2 is 1.88 bits per heavy atom. The van der Waals surface area contributed by atoms with E-state index < -0.39 is 10.0 Å². The molecule has 1 aromatic carbocycles. The summed E-state index contributed by atoms with van der Waals surface area (Å²) >= 11 is 0. The Labute approximate surface area is 187 Å². The highest BCUT2D eigenvalue weighted by molar-refractivity contribution is 7.89. The van der Waals surface area contributed by atoms with E-state index in [1.54, 1.807) is 29.5 Å². The summed E-state index contributed by atoms with van der Waals surface area (Å²) in [5.74, 6) is 0.369. The molecule has 4 rings (SSSR count). The van der Waals surface area contributed by atoms with Crippen molar-refractivity contribution in [2.75, 3.05) is 13.1 Å². The fourth-order valence-electron chi connectivity index (χ4n) is 3.81. The normalized spacial score (nSPS) is 16.7. The van der Waals surface area contributed by atoms with Gasteiger partial charge in [-0.25, -0.2) is 23.1 Å². The third-order valence-corrected chi connectivity index (χ3v) is 7.72. The van der Waals surface area contributed by atoms with Crippen LogP contribution in [0, 0.1) is 12.8 Å². The number of sulfonamides is 1. The first kappa shape index (κ1) is 22.2. The second-order valence-electron chi connectivity index (χ2n) is 8.08. The maximum Gasteiger partial charge on any atom is 0.262 e. The Hall–Kier alpha value is -3.05. The van der Waals surface area contributed by atoms with E-state index in [4.69, 9.17) is 0 Å². The summed E-state index contributed by atoms with van der Waals surface area (Å²) < 4.78 is 30.5. The molecule has 1 atom stereocenters. The number of piperidine rings is 1. The van der Waals surface area contributed by atoms with Gasteiger partial charge < -0.3 is 9.88 Å². The van der Waals surface area contributed by atoms with Crippen LogP contribution in [0.1, 0.15) is 37.2 Å². The quantitative estimate of drug-likeness (QED) is 0.601. The van der Waals surface area contributed by atoms with Crippen LogP contribution in [0.3, 0.4) is 0 Å². The highest BCUT2D eigenvalue weighted by Crippen LogP contribution is 2.24. The third-order valence-electron chi connectivity index (χ3n) is 5.95. The van der Waals surface area contributed by atoms with Crippen LogP contribution in [0.4, 0.5) is 0 Å². The van der Waals surface area contributed by atoms with E-state index in [-0.39, 0.29) is 22.9 Å².